The minimum Gasteiger partial charge on any atom is -0.385 e. The number of rotatable bonds is 7. The Kier molecular flexibility index (Phi) is 6.45. The molecule has 0 aromatic carbocycles. The molecule has 0 aliphatic heterocycles. The van der Waals surface area contributed by atoms with Crippen molar-refractivity contribution >= 4 is 0 Å². The van der Waals surface area contributed by atoms with Crippen LogP contribution in [-0.2, 0) is 4.74 Å². The summed E-state index contributed by atoms with van der Waals surface area (Å²) < 4.78 is 5.08. The topological polar surface area (TPSA) is 9.23 Å². The molecule has 0 unspecified atom stereocenters. The van der Waals surface area contributed by atoms with E-state index in [1.54, 1.807) is 7.11 Å². The first-order valence-electron chi connectivity index (χ1n) is 5.11. The van der Waals surface area contributed by atoms with Crippen molar-refractivity contribution in [2.45, 2.75) is 52.9 Å². The average molecular weight is 172 g/mol. The molecule has 0 atom stereocenters. The quantitative estimate of drug-likeness (QED) is 0.533. The van der Waals surface area contributed by atoms with E-state index in [1.165, 1.54) is 32.1 Å². The van der Waals surface area contributed by atoms with Crippen LogP contribution in [0.5, 0.6) is 0 Å². The first-order valence-corrected chi connectivity index (χ1v) is 5.11. The molecular weight excluding hydrogens is 148 g/mol. The molecule has 0 saturated heterocycles. The highest BCUT2D eigenvalue weighted by atomic mass is 16.5. The average Bonchev–Trinajstić information content (AvgIpc) is 2.01. The second-order valence-electron chi connectivity index (χ2n) is 4.36. The van der Waals surface area contributed by atoms with Crippen LogP contribution in [0.25, 0.3) is 0 Å². The minimum absolute atomic E-state index is 0.477. The molecule has 0 aromatic rings. The van der Waals surface area contributed by atoms with Crippen molar-refractivity contribution in [1.29, 1.82) is 0 Å². The molecule has 0 amide bonds. The fraction of sp³-hybridized carbons (Fsp3) is 1.00. The van der Waals surface area contributed by atoms with Gasteiger partial charge in [-0.3, -0.25) is 0 Å². The van der Waals surface area contributed by atoms with Crippen LogP contribution < -0.4 is 0 Å². The van der Waals surface area contributed by atoms with E-state index in [0.717, 1.165) is 6.61 Å². The minimum atomic E-state index is 0.477. The fourth-order valence-electron chi connectivity index (χ4n) is 1.36. The summed E-state index contributed by atoms with van der Waals surface area (Å²) in [5, 5.41) is 0. The third-order valence-corrected chi connectivity index (χ3v) is 2.44. The molecule has 0 spiro atoms. The molecule has 0 bridgehead atoms. The Labute approximate surface area is 77.5 Å². The number of ether oxygens (including phenoxy) is 1. The summed E-state index contributed by atoms with van der Waals surface area (Å²) >= 11 is 0. The normalized spacial score (nSPS) is 12.0. The van der Waals surface area contributed by atoms with Gasteiger partial charge in [0, 0.05) is 13.7 Å². The Morgan fingerprint density at radius 3 is 2.25 bits per heavy atom. The smallest absolute Gasteiger partial charge is 0.0467 e. The van der Waals surface area contributed by atoms with E-state index in [9.17, 15) is 0 Å². The summed E-state index contributed by atoms with van der Waals surface area (Å²) in [6.45, 7) is 7.82. The van der Waals surface area contributed by atoms with E-state index >= 15 is 0 Å². The van der Waals surface area contributed by atoms with Crippen LogP contribution >= 0.6 is 0 Å². The van der Waals surface area contributed by atoms with Crippen molar-refractivity contribution in [3.8, 4) is 0 Å². The zero-order chi connectivity index (χ0) is 9.45. The lowest BCUT2D eigenvalue weighted by atomic mass is 9.84. The highest BCUT2D eigenvalue weighted by Crippen LogP contribution is 2.27. The van der Waals surface area contributed by atoms with Crippen LogP contribution in [0, 0.1) is 5.41 Å². The standard InChI is InChI=1S/C11H24O/c1-5-6-7-8-11(2,3)9-10-12-4/h5-10H2,1-4H3. The van der Waals surface area contributed by atoms with Crippen molar-refractivity contribution in [2.24, 2.45) is 5.41 Å². The van der Waals surface area contributed by atoms with Gasteiger partial charge in [-0.1, -0.05) is 40.0 Å². The van der Waals surface area contributed by atoms with Gasteiger partial charge in [0.2, 0.25) is 0 Å². The van der Waals surface area contributed by atoms with Crippen LogP contribution in [0.4, 0.5) is 0 Å². The number of unbranched alkanes of at least 4 members (excludes halogenated alkanes) is 2. The van der Waals surface area contributed by atoms with Crippen LogP contribution in [-0.4, -0.2) is 13.7 Å². The molecule has 0 heterocycles. The lowest BCUT2D eigenvalue weighted by Crippen LogP contribution is -2.13. The van der Waals surface area contributed by atoms with E-state index in [-0.39, 0.29) is 0 Å². The summed E-state index contributed by atoms with van der Waals surface area (Å²) in [4.78, 5) is 0. The molecule has 0 fully saturated rings. The Hall–Kier alpha value is -0.0400. The Morgan fingerprint density at radius 1 is 1.08 bits per heavy atom. The second kappa shape index (κ2) is 6.47. The van der Waals surface area contributed by atoms with Gasteiger partial charge in [-0.05, 0) is 18.3 Å². The molecule has 1 heteroatoms. The van der Waals surface area contributed by atoms with Gasteiger partial charge in [0.05, 0.1) is 0 Å². The molecule has 12 heavy (non-hydrogen) atoms. The highest BCUT2D eigenvalue weighted by Gasteiger charge is 2.16. The fourth-order valence-corrected chi connectivity index (χ4v) is 1.36. The van der Waals surface area contributed by atoms with Crippen LogP contribution in [0.3, 0.4) is 0 Å². The highest BCUT2D eigenvalue weighted by molar-refractivity contribution is 4.67. The first kappa shape index (κ1) is 12.0. The summed E-state index contributed by atoms with van der Waals surface area (Å²) in [6, 6.07) is 0. The van der Waals surface area contributed by atoms with Gasteiger partial charge in [-0.15, -0.1) is 0 Å². The van der Waals surface area contributed by atoms with Gasteiger partial charge in [0.25, 0.3) is 0 Å². The third kappa shape index (κ3) is 6.66. The van der Waals surface area contributed by atoms with E-state index in [1.807, 2.05) is 0 Å². The Balaban J connectivity index is 3.42. The van der Waals surface area contributed by atoms with E-state index in [4.69, 9.17) is 4.74 Å². The van der Waals surface area contributed by atoms with Crippen LogP contribution in [0.1, 0.15) is 52.9 Å². The predicted molar refractivity (Wildman–Crippen MR) is 54.4 cm³/mol. The van der Waals surface area contributed by atoms with Crippen molar-refractivity contribution in [1.82, 2.24) is 0 Å². The van der Waals surface area contributed by atoms with Crippen LogP contribution in [0.15, 0.2) is 0 Å². The van der Waals surface area contributed by atoms with E-state index < -0.39 is 0 Å². The lowest BCUT2D eigenvalue weighted by molar-refractivity contribution is 0.146. The van der Waals surface area contributed by atoms with Crippen molar-refractivity contribution in [3.63, 3.8) is 0 Å². The van der Waals surface area contributed by atoms with E-state index in [0.29, 0.717) is 5.41 Å². The Bertz CT molecular complexity index is 97.2. The van der Waals surface area contributed by atoms with Gasteiger partial charge >= 0.3 is 0 Å². The summed E-state index contributed by atoms with van der Waals surface area (Å²) in [5.41, 5.74) is 0.477. The monoisotopic (exact) mass is 172 g/mol. The number of methoxy groups -OCH3 is 1. The van der Waals surface area contributed by atoms with Crippen molar-refractivity contribution < 1.29 is 4.74 Å². The number of hydrogen-bond acceptors (Lipinski definition) is 1. The maximum Gasteiger partial charge on any atom is 0.0467 e. The van der Waals surface area contributed by atoms with Gasteiger partial charge in [-0.25, -0.2) is 0 Å². The van der Waals surface area contributed by atoms with Gasteiger partial charge in [-0.2, -0.15) is 0 Å². The Morgan fingerprint density at radius 2 is 1.75 bits per heavy atom. The van der Waals surface area contributed by atoms with Gasteiger partial charge in [0.15, 0.2) is 0 Å². The summed E-state index contributed by atoms with van der Waals surface area (Å²) in [6.07, 6.45) is 6.58. The maximum atomic E-state index is 5.08. The maximum absolute atomic E-state index is 5.08. The molecule has 0 N–H and O–H groups in total. The lowest BCUT2D eigenvalue weighted by Gasteiger charge is -2.23. The SMILES string of the molecule is CCCCCC(C)(C)CCOC. The molecule has 0 saturated carbocycles. The predicted octanol–water partition coefficient (Wildman–Crippen LogP) is 3.63. The van der Waals surface area contributed by atoms with E-state index in [2.05, 4.69) is 20.8 Å². The molecule has 0 radical (unpaired) electrons. The summed E-state index contributed by atoms with van der Waals surface area (Å²) in [7, 11) is 1.78. The molecule has 74 valence electrons. The third-order valence-electron chi connectivity index (χ3n) is 2.44. The van der Waals surface area contributed by atoms with Crippen LogP contribution in [0.2, 0.25) is 0 Å². The summed E-state index contributed by atoms with van der Waals surface area (Å²) in [5.74, 6) is 0. The zero-order valence-electron chi connectivity index (χ0n) is 9.15. The first-order chi connectivity index (χ1) is 5.62. The van der Waals surface area contributed by atoms with Crippen molar-refractivity contribution in [2.75, 3.05) is 13.7 Å². The molecule has 0 aromatic heterocycles. The van der Waals surface area contributed by atoms with Gasteiger partial charge in [0.1, 0.15) is 0 Å². The van der Waals surface area contributed by atoms with Crippen molar-refractivity contribution in [3.05, 3.63) is 0 Å². The number of hydrogen-bond donors (Lipinski definition) is 0. The largest absolute Gasteiger partial charge is 0.385 e. The molecular formula is C11H24O. The molecule has 0 rings (SSSR count). The molecule has 0 aliphatic carbocycles. The second-order valence-corrected chi connectivity index (χ2v) is 4.36. The molecule has 0 aliphatic rings. The van der Waals surface area contributed by atoms with Gasteiger partial charge < -0.3 is 4.74 Å². The zero-order valence-corrected chi connectivity index (χ0v) is 9.15. The molecule has 1 nitrogen and oxygen atoms in total.